The minimum absolute atomic E-state index is 0.353. The van der Waals surface area contributed by atoms with Crippen LogP contribution in [0.25, 0.3) is 0 Å². The Bertz CT molecular complexity index is 534. The second-order valence-electron chi connectivity index (χ2n) is 6.29. The molecule has 0 saturated carbocycles. The number of rotatable bonds is 8. The number of carbonyl (C=O) groups is 1. The number of benzene rings is 1. The van der Waals surface area contributed by atoms with Crippen molar-refractivity contribution in [3.63, 3.8) is 0 Å². The molecule has 0 fully saturated rings. The molecule has 0 spiro atoms. The fourth-order valence-electron chi connectivity index (χ4n) is 1.65. The lowest BCUT2D eigenvalue weighted by atomic mass is 10.2. The van der Waals surface area contributed by atoms with Gasteiger partial charge < -0.3 is 19.1 Å². The molecule has 1 amide bonds. The molecule has 24 heavy (non-hydrogen) atoms. The summed E-state index contributed by atoms with van der Waals surface area (Å²) in [5.41, 5.74) is -0.504. The quantitative estimate of drug-likeness (QED) is 0.606. The molecule has 136 valence electrons. The van der Waals surface area contributed by atoms with Gasteiger partial charge in [-0.2, -0.15) is 0 Å². The minimum atomic E-state index is -0.504. The molecule has 1 rings (SSSR count). The van der Waals surface area contributed by atoms with Crippen molar-refractivity contribution in [3.8, 4) is 5.75 Å². The van der Waals surface area contributed by atoms with Crippen molar-refractivity contribution in [2.75, 3.05) is 33.4 Å². The highest BCUT2D eigenvalue weighted by atomic mass is 79.9. The van der Waals surface area contributed by atoms with Crippen LogP contribution in [-0.2, 0) is 9.47 Å². The average Bonchev–Trinajstić information content (AvgIpc) is 2.47. The van der Waals surface area contributed by atoms with Crippen LogP contribution in [0.15, 0.2) is 22.7 Å². The highest BCUT2D eigenvalue weighted by molar-refractivity contribution is 9.10. The van der Waals surface area contributed by atoms with Gasteiger partial charge in [0.1, 0.15) is 17.2 Å². The molecule has 0 saturated heterocycles. The molecule has 1 aromatic carbocycles. The normalized spacial score (nSPS) is 11.2. The van der Waals surface area contributed by atoms with Gasteiger partial charge in [-0.25, -0.2) is 9.18 Å². The van der Waals surface area contributed by atoms with Crippen LogP contribution in [0, 0.1) is 5.82 Å². The van der Waals surface area contributed by atoms with E-state index < -0.39 is 5.60 Å². The summed E-state index contributed by atoms with van der Waals surface area (Å²) in [5.74, 6) is 0.134. The van der Waals surface area contributed by atoms with Crippen molar-refractivity contribution in [2.24, 2.45) is 0 Å². The SMILES string of the molecule is CN(CCOCCCOc1ccc(Br)c(F)c1)C(=O)OC(C)(C)C. The van der Waals surface area contributed by atoms with E-state index in [2.05, 4.69) is 15.9 Å². The number of hydrogen-bond acceptors (Lipinski definition) is 4. The molecule has 0 N–H and O–H groups in total. The minimum Gasteiger partial charge on any atom is -0.493 e. The molecule has 0 aliphatic carbocycles. The number of carbonyl (C=O) groups excluding carboxylic acids is 1. The molecule has 0 heterocycles. The smallest absolute Gasteiger partial charge is 0.410 e. The zero-order chi connectivity index (χ0) is 18.2. The van der Waals surface area contributed by atoms with E-state index in [1.165, 1.54) is 11.0 Å². The Balaban J connectivity index is 2.09. The molecule has 0 unspecified atom stereocenters. The van der Waals surface area contributed by atoms with E-state index in [0.29, 0.717) is 43.0 Å². The fourth-order valence-corrected chi connectivity index (χ4v) is 1.90. The van der Waals surface area contributed by atoms with Gasteiger partial charge in [0.05, 0.1) is 17.7 Å². The van der Waals surface area contributed by atoms with Gasteiger partial charge in [0, 0.05) is 32.7 Å². The Morgan fingerprint density at radius 1 is 1.25 bits per heavy atom. The summed E-state index contributed by atoms with van der Waals surface area (Å²) in [4.78, 5) is 13.2. The predicted octanol–water partition coefficient (Wildman–Crippen LogP) is 4.24. The Hall–Kier alpha value is -1.34. The molecule has 0 aliphatic heterocycles. The molecule has 7 heteroatoms. The first-order valence-corrected chi connectivity index (χ1v) is 8.58. The lowest BCUT2D eigenvalue weighted by molar-refractivity contribution is 0.0226. The van der Waals surface area contributed by atoms with E-state index in [1.54, 1.807) is 19.2 Å². The Kier molecular flexibility index (Phi) is 8.48. The number of ether oxygens (including phenoxy) is 3. The van der Waals surface area contributed by atoms with Crippen LogP contribution in [-0.4, -0.2) is 50.0 Å². The van der Waals surface area contributed by atoms with Gasteiger partial charge in [-0.3, -0.25) is 0 Å². The number of nitrogens with zero attached hydrogens (tertiary/aromatic N) is 1. The summed E-state index contributed by atoms with van der Waals surface area (Å²) < 4.78 is 29.8. The highest BCUT2D eigenvalue weighted by Gasteiger charge is 2.19. The van der Waals surface area contributed by atoms with Gasteiger partial charge >= 0.3 is 6.09 Å². The van der Waals surface area contributed by atoms with Crippen LogP contribution < -0.4 is 4.74 Å². The van der Waals surface area contributed by atoms with Crippen molar-refractivity contribution in [3.05, 3.63) is 28.5 Å². The lowest BCUT2D eigenvalue weighted by Crippen LogP contribution is -2.36. The maximum absolute atomic E-state index is 13.3. The van der Waals surface area contributed by atoms with Crippen molar-refractivity contribution in [1.29, 1.82) is 0 Å². The van der Waals surface area contributed by atoms with Crippen molar-refractivity contribution >= 4 is 22.0 Å². The summed E-state index contributed by atoms with van der Waals surface area (Å²) in [6, 6.07) is 4.64. The standard InChI is InChI=1S/C17H25BrFNO4/c1-17(2,3)24-16(21)20(4)8-11-22-9-5-10-23-13-6-7-14(18)15(19)12-13/h6-7,12H,5,8-11H2,1-4H3. The van der Waals surface area contributed by atoms with E-state index in [4.69, 9.17) is 14.2 Å². The Labute approximate surface area is 151 Å². The summed E-state index contributed by atoms with van der Waals surface area (Å²) in [6.45, 7) is 7.28. The molecule has 0 atom stereocenters. The number of hydrogen-bond donors (Lipinski definition) is 0. The first kappa shape index (κ1) is 20.7. The Morgan fingerprint density at radius 2 is 1.96 bits per heavy atom. The molecule has 0 radical (unpaired) electrons. The third kappa shape index (κ3) is 8.49. The molecule has 0 aromatic heterocycles. The average molecular weight is 406 g/mol. The second kappa shape index (κ2) is 9.84. The zero-order valence-electron chi connectivity index (χ0n) is 14.6. The first-order chi connectivity index (χ1) is 11.2. The van der Waals surface area contributed by atoms with Crippen LogP contribution >= 0.6 is 15.9 Å². The Morgan fingerprint density at radius 3 is 2.58 bits per heavy atom. The largest absolute Gasteiger partial charge is 0.493 e. The third-order valence-corrected chi connectivity index (χ3v) is 3.51. The van der Waals surface area contributed by atoms with Crippen LogP contribution in [0.1, 0.15) is 27.2 Å². The molecule has 0 aliphatic rings. The maximum atomic E-state index is 13.3. The van der Waals surface area contributed by atoms with E-state index in [1.807, 2.05) is 20.8 Å². The van der Waals surface area contributed by atoms with E-state index in [9.17, 15) is 9.18 Å². The van der Waals surface area contributed by atoms with Gasteiger partial charge in [0.15, 0.2) is 0 Å². The highest BCUT2D eigenvalue weighted by Crippen LogP contribution is 2.20. The number of amides is 1. The van der Waals surface area contributed by atoms with Gasteiger partial charge in [0.2, 0.25) is 0 Å². The molecule has 1 aromatic rings. The molecular formula is C17H25BrFNO4. The summed E-state index contributed by atoms with van der Waals surface area (Å²) in [6.07, 6.45) is 0.306. The summed E-state index contributed by atoms with van der Waals surface area (Å²) in [5, 5.41) is 0. The maximum Gasteiger partial charge on any atom is 0.410 e. The summed E-state index contributed by atoms with van der Waals surface area (Å²) in [7, 11) is 1.67. The van der Waals surface area contributed by atoms with Gasteiger partial charge in [0.25, 0.3) is 0 Å². The zero-order valence-corrected chi connectivity index (χ0v) is 16.2. The van der Waals surface area contributed by atoms with Gasteiger partial charge in [-0.05, 0) is 48.8 Å². The van der Waals surface area contributed by atoms with Crippen molar-refractivity contribution in [2.45, 2.75) is 32.8 Å². The number of likely N-dealkylation sites (N-methyl/N-ethyl adjacent to an activating group) is 1. The van der Waals surface area contributed by atoms with Crippen molar-refractivity contribution in [1.82, 2.24) is 4.90 Å². The second-order valence-corrected chi connectivity index (χ2v) is 7.15. The van der Waals surface area contributed by atoms with E-state index >= 15 is 0 Å². The van der Waals surface area contributed by atoms with Crippen LogP contribution in [0.3, 0.4) is 0 Å². The monoisotopic (exact) mass is 405 g/mol. The predicted molar refractivity (Wildman–Crippen MR) is 93.9 cm³/mol. The van der Waals surface area contributed by atoms with E-state index in [-0.39, 0.29) is 11.9 Å². The van der Waals surface area contributed by atoms with Crippen LogP contribution in [0.2, 0.25) is 0 Å². The van der Waals surface area contributed by atoms with Gasteiger partial charge in [-0.15, -0.1) is 0 Å². The topological polar surface area (TPSA) is 48.0 Å². The molecule has 5 nitrogen and oxygen atoms in total. The van der Waals surface area contributed by atoms with Crippen LogP contribution in [0.5, 0.6) is 5.75 Å². The third-order valence-electron chi connectivity index (χ3n) is 2.87. The molecular weight excluding hydrogens is 381 g/mol. The number of halogens is 2. The van der Waals surface area contributed by atoms with Crippen molar-refractivity contribution < 1.29 is 23.4 Å². The van der Waals surface area contributed by atoms with E-state index in [0.717, 1.165) is 0 Å². The van der Waals surface area contributed by atoms with Crippen LogP contribution in [0.4, 0.5) is 9.18 Å². The van der Waals surface area contributed by atoms with Gasteiger partial charge in [-0.1, -0.05) is 0 Å². The fraction of sp³-hybridized carbons (Fsp3) is 0.588. The lowest BCUT2D eigenvalue weighted by Gasteiger charge is -2.24. The molecule has 0 bridgehead atoms. The first-order valence-electron chi connectivity index (χ1n) is 7.79. The summed E-state index contributed by atoms with van der Waals surface area (Å²) >= 11 is 3.09.